The van der Waals surface area contributed by atoms with E-state index in [-0.39, 0.29) is 18.4 Å². The number of hydrogen-bond donors (Lipinski definition) is 1. The Kier molecular flexibility index (Phi) is 4.86. The van der Waals surface area contributed by atoms with Crippen LogP contribution in [-0.2, 0) is 0 Å². The standard InChI is InChI=1S/C15H15Cl2FN2/c1-20(13-8-3-2-7-12(13)18)14(9-19)15-10(16)5-4-6-11(15)17/h2-8,14H,9,19H2,1H3. The Morgan fingerprint density at radius 2 is 1.70 bits per heavy atom. The first-order valence-corrected chi connectivity index (χ1v) is 6.93. The summed E-state index contributed by atoms with van der Waals surface area (Å²) in [4.78, 5) is 1.75. The molecule has 20 heavy (non-hydrogen) atoms. The third-order valence-corrected chi connectivity index (χ3v) is 3.92. The molecule has 5 heteroatoms. The zero-order valence-corrected chi connectivity index (χ0v) is 12.5. The van der Waals surface area contributed by atoms with Gasteiger partial charge in [-0.15, -0.1) is 0 Å². The molecule has 2 rings (SSSR count). The van der Waals surface area contributed by atoms with E-state index in [2.05, 4.69) is 0 Å². The van der Waals surface area contributed by atoms with Crippen molar-refractivity contribution in [1.82, 2.24) is 0 Å². The van der Waals surface area contributed by atoms with E-state index in [1.807, 2.05) is 0 Å². The van der Waals surface area contributed by atoms with Gasteiger partial charge in [0.25, 0.3) is 0 Å². The van der Waals surface area contributed by atoms with E-state index in [1.165, 1.54) is 6.07 Å². The molecule has 1 atom stereocenters. The Hall–Kier alpha value is -1.29. The fraction of sp³-hybridized carbons (Fsp3) is 0.200. The van der Waals surface area contributed by atoms with Crippen LogP contribution < -0.4 is 10.6 Å². The van der Waals surface area contributed by atoms with Crippen molar-refractivity contribution in [3.63, 3.8) is 0 Å². The van der Waals surface area contributed by atoms with Crippen LogP contribution in [0.15, 0.2) is 42.5 Å². The highest BCUT2D eigenvalue weighted by molar-refractivity contribution is 6.36. The summed E-state index contributed by atoms with van der Waals surface area (Å²) in [6.07, 6.45) is 0. The van der Waals surface area contributed by atoms with E-state index in [9.17, 15) is 4.39 Å². The largest absolute Gasteiger partial charge is 0.364 e. The Morgan fingerprint density at radius 3 is 2.25 bits per heavy atom. The molecular formula is C15H15Cl2FN2. The molecule has 0 bridgehead atoms. The van der Waals surface area contributed by atoms with Gasteiger partial charge in [0.1, 0.15) is 5.82 Å². The summed E-state index contributed by atoms with van der Waals surface area (Å²) >= 11 is 12.4. The van der Waals surface area contributed by atoms with Gasteiger partial charge >= 0.3 is 0 Å². The quantitative estimate of drug-likeness (QED) is 0.913. The topological polar surface area (TPSA) is 29.3 Å². The fourth-order valence-electron chi connectivity index (χ4n) is 2.20. The van der Waals surface area contributed by atoms with E-state index in [4.69, 9.17) is 28.9 Å². The molecule has 0 aliphatic rings. The van der Waals surface area contributed by atoms with Crippen molar-refractivity contribution in [3.05, 3.63) is 63.9 Å². The van der Waals surface area contributed by atoms with E-state index in [0.717, 1.165) is 0 Å². The molecule has 0 radical (unpaired) electrons. The number of nitrogens with zero attached hydrogens (tertiary/aromatic N) is 1. The first-order valence-electron chi connectivity index (χ1n) is 6.17. The first kappa shape index (κ1) is 15.1. The second-order valence-electron chi connectivity index (χ2n) is 4.45. The Morgan fingerprint density at radius 1 is 1.10 bits per heavy atom. The minimum absolute atomic E-state index is 0.272. The number of rotatable bonds is 4. The minimum Gasteiger partial charge on any atom is -0.364 e. The van der Waals surface area contributed by atoms with Crippen molar-refractivity contribution in [1.29, 1.82) is 0 Å². The molecular weight excluding hydrogens is 298 g/mol. The molecule has 0 heterocycles. The number of nitrogens with two attached hydrogens (primary N) is 1. The lowest BCUT2D eigenvalue weighted by Gasteiger charge is -2.31. The molecule has 2 aromatic rings. The summed E-state index contributed by atoms with van der Waals surface area (Å²) < 4.78 is 13.9. The van der Waals surface area contributed by atoms with Crippen LogP contribution in [0.5, 0.6) is 0 Å². The van der Waals surface area contributed by atoms with Crippen LogP contribution in [0.1, 0.15) is 11.6 Å². The van der Waals surface area contributed by atoms with Gasteiger partial charge in [-0.25, -0.2) is 4.39 Å². The van der Waals surface area contributed by atoms with E-state index < -0.39 is 0 Å². The zero-order chi connectivity index (χ0) is 14.7. The monoisotopic (exact) mass is 312 g/mol. The van der Waals surface area contributed by atoms with Crippen LogP contribution >= 0.6 is 23.2 Å². The lowest BCUT2D eigenvalue weighted by molar-refractivity contribution is 0.603. The molecule has 0 spiro atoms. The van der Waals surface area contributed by atoms with Gasteiger partial charge in [0, 0.05) is 29.2 Å². The molecule has 0 saturated carbocycles. The number of para-hydroxylation sites is 1. The van der Waals surface area contributed by atoms with Crippen LogP contribution in [0.4, 0.5) is 10.1 Å². The zero-order valence-electron chi connectivity index (χ0n) is 11.0. The second kappa shape index (κ2) is 6.44. The van der Waals surface area contributed by atoms with Crippen molar-refractivity contribution >= 4 is 28.9 Å². The molecule has 0 aliphatic carbocycles. The highest BCUT2D eigenvalue weighted by atomic mass is 35.5. The van der Waals surface area contributed by atoms with Gasteiger partial charge in [0.2, 0.25) is 0 Å². The van der Waals surface area contributed by atoms with Gasteiger partial charge in [0.05, 0.1) is 11.7 Å². The third-order valence-electron chi connectivity index (χ3n) is 3.26. The smallest absolute Gasteiger partial charge is 0.146 e. The molecule has 0 fully saturated rings. The summed E-state index contributed by atoms with van der Waals surface area (Å²) in [6.45, 7) is 0.272. The molecule has 0 aromatic heterocycles. The Labute approximate surface area is 127 Å². The molecule has 2 nitrogen and oxygen atoms in total. The lowest BCUT2D eigenvalue weighted by Crippen LogP contribution is -2.31. The number of halogens is 3. The summed E-state index contributed by atoms with van der Waals surface area (Å²) in [6, 6.07) is 11.5. The maximum Gasteiger partial charge on any atom is 0.146 e. The van der Waals surface area contributed by atoms with Crippen LogP contribution in [0, 0.1) is 5.82 Å². The van der Waals surface area contributed by atoms with Gasteiger partial charge in [-0.05, 0) is 24.3 Å². The van der Waals surface area contributed by atoms with Crippen LogP contribution in [-0.4, -0.2) is 13.6 Å². The predicted molar refractivity (Wildman–Crippen MR) is 83.1 cm³/mol. The van der Waals surface area contributed by atoms with Crippen molar-refractivity contribution in [2.75, 3.05) is 18.5 Å². The minimum atomic E-state index is -0.309. The number of hydrogen-bond acceptors (Lipinski definition) is 2. The van der Waals surface area contributed by atoms with Gasteiger partial charge < -0.3 is 10.6 Å². The van der Waals surface area contributed by atoms with Gasteiger partial charge in [-0.1, -0.05) is 41.4 Å². The van der Waals surface area contributed by atoms with Gasteiger partial charge in [-0.3, -0.25) is 0 Å². The molecule has 1 unspecified atom stereocenters. The van der Waals surface area contributed by atoms with Gasteiger partial charge in [-0.2, -0.15) is 0 Å². The molecule has 0 amide bonds. The predicted octanol–water partition coefficient (Wildman–Crippen LogP) is 4.27. The maximum absolute atomic E-state index is 13.9. The normalized spacial score (nSPS) is 12.2. The number of anilines is 1. The number of benzene rings is 2. The third kappa shape index (κ3) is 2.90. The Bertz CT molecular complexity index is 584. The van der Waals surface area contributed by atoms with Crippen molar-refractivity contribution < 1.29 is 4.39 Å². The molecule has 0 saturated heterocycles. The van der Waals surface area contributed by atoms with Crippen molar-refractivity contribution in [2.45, 2.75) is 6.04 Å². The van der Waals surface area contributed by atoms with Gasteiger partial charge in [0.15, 0.2) is 0 Å². The average Bonchev–Trinajstić information content (AvgIpc) is 2.43. The van der Waals surface area contributed by atoms with E-state index >= 15 is 0 Å². The van der Waals surface area contributed by atoms with E-state index in [1.54, 1.807) is 48.3 Å². The SMILES string of the molecule is CN(c1ccccc1F)C(CN)c1c(Cl)cccc1Cl. The lowest BCUT2D eigenvalue weighted by atomic mass is 10.0. The van der Waals surface area contributed by atoms with Crippen LogP contribution in [0.2, 0.25) is 10.0 Å². The van der Waals surface area contributed by atoms with Crippen molar-refractivity contribution in [2.24, 2.45) is 5.73 Å². The Balaban J connectivity index is 2.45. The summed E-state index contributed by atoms with van der Waals surface area (Å²) in [5, 5.41) is 1.05. The summed E-state index contributed by atoms with van der Waals surface area (Å²) in [5.41, 5.74) is 7.02. The highest BCUT2D eigenvalue weighted by Crippen LogP contribution is 2.35. The van der Waals surface area contributed by atoms with Crippen LogP contribution in [0.25, 0.3) is 0 Å². The van der Waals surface area contributed by atoms with Crippen molar-refractivity contribution in [3.8, 4) is 0 Å². The molecule has 2 aromatic carbocycles. The molecule has 0 aliphatic heterocycles. The second-order valence-corrected chi connectivity index (χ2v) is 5.26. The highest BCUT2D eigenvalue weighted by Gasteiger charge is 2.22. The summed E-state index contributed by atoms with van der Waals surface area (Å²) in [5.74, 6) is -0.309. The average molecular weight is 313 g/mol. The fourth-order valence-corrected chi connectivity index (χ4v) is 2.85. The van der Waals surface area contributed by atoms with Crippen LogP contribution in [0.3, 0.4) is 0 Å². The maximum atomic E-state index is 13.9. The summed E-state index contributed by atoms with van der Waals surface area (Å²) in [7, 11) is 1.77. The number of likely N-dealkylation sites (N-methyl/N-ethyl adjacent to an activating group) is 1. The molecule has 106 valence electrons. The first-order chi connectivity index (χ1) is 9.56. The van der Waals surface area contributed by atoms with E-state index in [0.29, 0.717) is 21.3 Å². The molecule has 2 N–H and O–H groups in total.